The van der Waals surface area contributed by atoms with Gasteiger partial charge in [0.2, 0.25) is 0 Å². The summed E-state index contributed by atoms with van der Waals surface area (Å²) in [5.74, 6) is 1.07. The molecule has 1 fully saturated rings. The SMILES string of the molecule is CC(C)CC(=O)OCC1CC1. The molecule has 1 aliphatic rings. The highest BCUT2D eigenvalue weighted by atomic mass is 16.5. The van der Waals surface area contributed by atoms with Crippen LogP contribution in [0.3, 0.4) is 0 Å². The van der Waals surface area contributed by atoms with Crippen molar-refractivity contribution in [2.45, 2.75) is 33.1 Å². The van der Waals surface area contributed by atoms with Gasteiger partial charge in [0.15, 0.2) is 0 Å². The van der Waals surface area contributed by atoms with Gasteiger partial charge < -0.3 is 4.74 Å². The van der Waals surface area contributed by atoms with Crippen LogP contribution in [0.4, 0.5) is 0 Å². The standard InChI is InChI=1S/C9H16O2/c1-7(2)5-9(10)11-6-8-3-4-8/h7-8H,3-6H2,1-2H3. The van der Waals surface area contributed by atoms with Crippen LogP contribution >= 0.6 is 0 Å². The van der Waals surface area contributed by atoms with E-state index in [4.69, 9.17) is 4.74 Å². The van der Waals surface area contributed by atoms with Crippen LogP contribution in [0.5, 0.6) is 0 Å². The summed E-state index contributed by atoms with van der Waals surface area (Å²) in [7, 11) is 0. The van der Waals surface area contributed by atoms with Crippen molar-refractivity contribution >= 4 is 5.97 Å². The minimum absolute atomic E-state index is 0.0353. The van der Waals surface area contributed by atoms with Gasteiger partial charge >= 0.3 is 5.97 Å². The van der Waals surface area contributed by atoms with Gasteiger partial charge in [0.1, 0.15) is 0 Å². The van der Waals surface area contributed by atoms with Crippen molar-refractivity contribution in [1.82, 2.24) is 0 Å². The maximum absolute atomic E-state index is 11.0. The van der Waals surface area contributed by atoms with Crippen molar-refractivity contribution in [2.24, 2.45) is 11.8 Å². The molecule has 0 aromatic rings. The molecule has 2 heteroatoms. The molecule has 0 aliphatic heterocycles. The molecule has 11 heavy (non-hydrogen) atoms. The van der Waals surface area contributed by atoms with E-state index in [1.807, 2.05) is 13.8 Å². The maximum atomic E-state index is 11.0. The number of carbonyl (C=O) groups is 1. The van der Waals surface area contributed by atoms with Gasteiger partial charge in [-0.1, -0.05) is 13.8 Å². The van der Waals surface area contributed by atoms with E-state index in [1.165, 1.54) is 12.8 Å². The van der Waals surface area contributed by atoms with Crippen LogP contribution < -0.4 is 0 Å². The van der Waals surface area contributed by atoms with E-state index in [0.717, 1.165) is 0 Å². The molecule has 0 bridgehead atoms. The van der Waals surface area contributed by atoms with Gasteiger partial charge in [-0.2, -0.15) is 0 Å². The molecule has 0 spiro atoms. The second-order valence-corrected chi connectivity index (χ2v) is 3.72. The van der Waals surface area contributed by atoms with Crippen molar-refractivity contribution in [3.8, 4) is 0 Å². The third-order valence-electron chi connectivity index (χ3n) is 1.75. The van der Waals surface area contributed by atoms with Gasteiger partial charge in [-0.3, -0.25) is 4.79 Å². The Hall–Kier alpha value is -0.530. The molecule has 64 valence electrons. The number of hydrogen-bond acceptors (Lipinski definition) is 2. The topological polar surface area (TPSA) is 26.3 Å². The molecule has 0 N–H and O–H groups in total. The predicted molar refractivity (Wildman–Crippen MR) is 43.1 cm³/mol. The molecule has 0 unspecified atom stereocenters. The lowest BCUT2D eigenvalue weighted by molar-refractivity contribution is -0.144. The first kappa shape index (κ1) is 8.57. The summed E-state index contributed by atoms with van der Waals surface area (Å²) in [6.45, 7) is 4.71. The number of ether oxygens (including phenoxy) is 1. The Balaban J connectivity index is 2.00. The molecular weight excluding hydrogens is 140 g/mol. The van der Waals surface area contributed by atoms with E-state index in [0.29, 0.717) is 24.9 Å². The summed E-state index contributed by atoms with van der Waals surface area (Å²) >= 11 is 0. The van der Waals surface area contributed by atoms with Crippen molar-refractivity contribution in [3.63, 3.8) is 0 Å². The van der Waals surface area contributed by atoms with Crippen LogP contribution in [-0.2, 0) is 9.53 Å². The first-order valence-corrected chi connectivity index (χ1v) is 4.34. The zero-order valence-corrected chi connectivity index (χ0v) is 7.30. The van der Waals surface area contributed by atoms with E-state index in [2.05, 4.69) is 0 Å². The normalized spacial score (nSPS) is 17.0. The van der Waals surface area contributed by atoms with Crippen molar-refractivity contribution < 1.29 is 9.53 Å². The summed E-state index contributed by atoms with van der Waals surface area (Å²) in [6.07, 6.45) is 3.05. The molecule has 0 aromatic carbocycles. The third-order valence-corrected chi connectivity index (χ3v) is 1.75. The highest BCUT2D eigenvalue weighted by Crippen LogP contribution is 2.28. The van der Waals surface area contributed by atoms with Crippen molar-refractivity contribution in [1.29, 1.82) is 0 Å². The molecule has 0 radical (unpaired) electrons. The van der Waals surface area contributed by atoms with E-state index in [9.17, 15) is 4.79 Å². The lowest BCUT2D eigenvalue weighted by Gasteiger charge is -2.04. The van der Waals surface area contributed by atoms with Gasteiger partial charge in [0.05, 0.1) is 6.61 Å². The van der Waals surface area contributed by atoms with Crippen LogP contribution in [0.25, 0.3) is 0 Å². The smallest absolute Gasteiger partial charge is 0.306 e. The minimum Gasteiger partial charge on any atom is -0.465 e. The molecule has 1 saturated carbocycles. The van der Waals surface area contributed by atoms with Crippen LogP contribution in [0, 0.1) is 11.8 Å². The zero-order valence-electron chi connectivity index (χ0n) is 7.30. The fourth-order valence-electron chi connectivity index (χ4n) is 0.888. The monoisotopic (exact) mass is 156 g/mol. The highest BCUT2D eigenvalue weighted by molar-refractivity contribution is 5.69. The summed E-state index contributed by atoms with van der Waals surface area (Å²) in [4.78, 5) is 11.0. The Morgan fingerprint density at radius 3 is 2.64 bits per heavy atom. The molecule has 0 saturated heterocycles. The fraction of sp³-hybridized carbons (Fsp3) is 0.889. The lowest BCUT2D eigenvalue weighted by Crippen LogP contribution is -2.09. The molecule has 1 aliphatic carbocycles. The van der Waals surface area contributed by atoms with Crippen molar-refractivity contribution in [2.75, 3.05) is 6.61 Å². The lowest BCUT2D eigenvalue weighted by atomic mass is 10.1. The Bertz CT molecular complexity index is 136. The summed E-state index contributed by atoms with van der Waals surface area (Å²) < 4.78 is 5.04. The van der Waals surface area contributed by atoms with Gasteiger partial charge in [0, 0.05) is 6.42 Å². The predicted octanol–water partition coefficient (Wildman–Crippen LogP) is 1.99. The molecule has 1 rings (SSSR count). The quantitative estimate of drug-likeness (QED) is 0.582. The fourth-order valence-corrected chi connectivity index (χ4v) is 0.888. The van der Waals surface area contributed by atoms with E-state index >= 15 is 0 Å². The summed E-state index contributed by atoms with van der Waals surface area (Å²) in [5.41, 5.74) is 0. The number of hydrogen-bond donors (Lipinski definition) is 0. The van der Waals surface area contributed by atoms with Crippen molar-refractivity contribution in [3.05, 3.63) is 0 Å². The third kappa shape index (κ3) is 4.02. The Morgan fingerprint density at radius 1 is 1.55 bits per heavy atom. The molecule has 0 heterocycles. The van der Waals surface area contributed by atoms with Crippen LogP contribution in [0.2, 0.25) is 0 Å². The second-order valence-electron chi connectivity index (χ2n) is 3.72. The second kappa shape index (κ2) is 3.74. The number of esters is 1. The molecular formula is C9H16O2. The minimum atomic E-state index is -0.0353. The summed E-state index contributed by atoms with van der Waals surface area (Å²) in [5, 5.41) is 0. The first-order valence-electron chi connectivity index (χ1n) is 4.34. The highest BCUT2D eigenvalue weighted by Gasteiger charge is 2.22. The molecule has 0 aromatic heterocycles. The van der Waals surface area contributed by atoms with Crippen LogP contribution in [-0.4, -0.2) is 12.6 Å². The Labute approximate surface area is 67.9 Å². The maximum Gasteiger partial charge on any atom is 0.306 e. The Morgan fingerprint density at radius 2 is 2.18 bits per heavy atom. The average molecular weight is 156 g/mol. The largest absolute Gasteiger partial charge is 0.465 e. The van der Waals surface area contributed by atoms with Gasteiger partial charge in [-0.25, -0.2) is 0 Å². The average Bonchev–Trinajstić information content (AvgIpc) is 2.63. The van der Waals surface area contributed by atoms with E-state index in [1.54, 1.807) is 0 Å². The zero-order chi connectivity index (χ0) is 8.27. The van der Waals surface area contributed by atoms with Gasteiger partial charge in [-0.05, 0) is 24.7 Å². The van der Waals surface area contributed by atoms with Gasteiger partial charge in [-0.15, -0.1) is 0 Å². The van der Waals surface area contributed by atoms with Crippen LogP contribution in [0.15, 0.2) is 0 Å². The van der Waals surface area contributed by atoms with E-state index in [-0.39, 0.29) is 5.97 Å². The summed E-state index contributed by atoms with van der Waals surface area (Å²) in [6, 6.07) is 0. The molecule has 0 amide bonds. The first-order chi connectivity index (χ1) is 5.18. The number of carbonyl (C=O) groups excluding carboxylic acids is 1. The van der Waals surface area contributed by atoms with E-state index < -0.39 is 0 Å². The van der Waals surface area contributed by atoms with Crippen LogP contribution in [0.1, 0.15) is 33.1 Å². The molecule has 0 atom stereocenters. The van der Waals surface area contributed by atoms with Gasteiger partial charge in [0.25, 0.3) is 0 Å². The Kier molecular flexibility index (Phi) is 2.92. The number of rotatable bonds is 4. The molecule has 2 nitrogen and oxygen atoms in total.